The predicted molar refractivity (Wildman–Crippen MR) is 99.7 cm³/mol. The Kier molecular flexibility index (Phi) is 7.56. The summed E-state index contributed by atoms with van der Waals surface area (Å²) in [4.78, 5) is 16.3. The van der Waals surface area contributed by atoms with E-state index in [1.165, 1.54) is 5.56 Å². The first-order chi connectivity index (χ1) is 11.7. The molecule has 0 fully saturated rings. The third-order valence-electron chi connectivity index (χ3n) is 3.70. The number of pyridine rings is 1. The van der Waals surface area contributed by atoms with Gasteiger partial charge in [-0.25, -0.2) is 4.98 Å². The molecule has 2 aromatic rings. The Labute approximate surface area is 148 Å². The van der Waals surface area contributed by atoms with Crippen molar-refractivity contribution >= 4 is 23.3 Å². The van der Waals surface area contributed by atoms with Gasteiger partial charge in [-0.2, -0.15) is 0 Å². The Bertz CT molecular complexity index is 643. The highest BCUT2D eigenvalue weighted by atomic mass is 35.5. The molecule has 0 saturated heterocycles. The minimum Gasteiger partial charge on any atom is -0.370 e. The van der Waals surface area contributed by atoms with Gasteiger partial charge in [0.05, 0.1) is 5.56 Å². The molecule has 0 unspecified atom stereocenters. The van der Waals surface area contributed by atoms with Gasteiger partial charge in [-0.05, 0) is 42.7 Å². The zero-order valence-electron chi connectivity index (χ0n) is 14.0. The highest BCUT2D eigenvalue weighted by Gasteiger charge is 2.05. The maximum Gasteiger partial charge on any atom is 0.252 e. The Hall–Kier alpha value is -2.07. The largest absolute Gasteiger partial charge is 0.370 e. The SMILES string of the molecule is CCCCCNC(=O)c1ccc(NCCc2cccc(Cl)c2)nc1. The minimum absolute atomic E-state index is 0.0657. The van der Waals surface area contributed by atoms with Gasteiger partial charge in [0, 0.05) is 24.3 Å². The predicted octanol–water partition coefficient (Wildman–Crippen LogP) is 4.31. The Morgan fingerprint density at radius 3 is 2.75 bits per heavy atom. The molecular formula is C19H24ClN3O. The van der Waals surface area contributed by atoms with Crippen molar-refractivity contribution in [2.45, 2.75) is 32.6 Å². The molecular weight excluding hydrogens is 322 g/mol. The van der Waals surface area contributed by atoms with Crippen molar-refractivity contribution in [3.8, 4) is 0 Å². The Morgan fingerprint density at radius 1 is 1.17 bits per heavy atom. The summed E-state index contributed by atoms with van der Waals surface area (Å²) >= 11 is 5.97. The lowest BCUT2D eigenvalue weighted by atomic mass is 10.1. The van der Waals surface area contributed by atoms with Gasteiger partial charge in [0.1, 0.15) is 5.82 Å². The van der Waals surface area contributed by atoms with Crippen LogP contribution in [0.3, 0.4) is 0 Å². The van der Waals surface area contributed by atoms with Gasteiger partial charge in [0.2, 0.25) is 0 Å². The number of rotatable bonds is 9. The summed E-state index contributed by atoms with van der Waals surface area (Å²) in [6, 6.07) is 11.5. The van der Waals surface area contributed by atoms with Gasteiger partial charge in [0.15, 0.2) is 0 Å². The van der Waals surface area contributed by atoms with Crippen LogP contribution in [0.25, 0.3) is 0 Å². The number of benzene rings is 1. The van der Waals surface area contributed by atoms with Crippen molar-refractivity contribution in [1.29, 1.82) is 0 Å². The topological polar surface area (TPSA) is 54.0 Å². The zero-order valence-corrected chi connectivity index (χ0v) is 14.8. The van der Waals surface area contributed by atoms with Crippen LogP contribution in [0.4, 0.5) is 5.82 Å². The van der Waals surface area contributed by atoms with E-state index in [9.17, 15) is 4.79 Å². The lowest BCUT2D eigenvalue weighted by Crippen LogP contribution is -2.24. The molecule has 1 aromatic carbocycles. The molecule has 0 radical (unpaired) electrons. The maximum atomic E-state index is 12.0. The number of anilines is 1. The number of nitrogens with zero attached hydrogens (tertiary/aromatic N) is 1. The van der Waals surface area contributed by atoms with E-state index in [1.807, 2.05) is 30.3 Å². The van der Waals surface area contributed by atoms with Crippen LogP contribution in [-0.4, -0.2) is 24.0 Å². The van der Waals surface area contributed by atoms with Crippen molar-refractivity contribution in [2.24, 2.45) is 0 Å². The van der Waals surface area contributed by atoms with Crippen LogP contribution in [0.2, 0.25) is 5.02 Å². The summed E-state index contributed by atoms with van der Waals surface area (Å²) in [7, 11) is 0. The number of amides is 1. The van der Waals surface area contributed by atoms with E-state index >= 15 is 0 Å². The highest BCUT2D eigenvalue weighted by Crippen LogP contribution is 2.11. The van der Waals surface area contributed by atoms with Crippen molar-refractivity contribution in [1.82, 2.24) is 10.3 Å². The van der Waals surface area contributed by atoms with Crippen LogP contribution in [-0.2, 0) is 6.42 Å². The van der Waals surface area contributed by atoms with Crippen molar-refractivity contribution in [3.05, 3.63) is 58.7 Å². The monoisotopic (exact) mass is 345 g/mol. The number of carbonyl (C=O) groups is 1. The Morgan fingerprint density at radius 2 is 2.04 bits per heavy atom. The molecule has 0 atom stereocenters. The first kappa shape index (κ1) is 18.3. The molecule has 24 heavy (non-hydrogen) atoms. The van der Waals surface area contributed by atoms with Crippen LogP contribution in [0.1, 0.15) is 42.1 Å². The van der Waals surface area contributed by atoms with E-state index in [2.05, 4.69) is 22.5 Å². The first-order valence-corrected chi connectivity index (χ1v) is 8.79. The second-order valence-corrected chi connectivity index (χ2v) is 6.14. The smallest absolute Gasteiger partial charge is 0.252 e. The third-order valence-corrected chi connectivity index (χ3v) is 3.94. The molecule has 1 aromatic heterocycles. The molecule has 0 saturated carbocycles. The normalized spacial score (nSPS) is 10.4. The average Bonchev–Trinajstić information content (AvgIpc) is 2.59. The minimum atomic E-state index is -0.0657. The van der Waals surface area contributed by atoms with Crippen molar-refractivity contribution in [3.63, 3.8) is 0 Å². The Balaban J connectivity index is 1.76. The summed E-state index contributed by atoms with van der Waals surface area (Å²) in [6.07, 6.45) is 5.76. The molecule has 2 N–H and O–H groups in total. The summed E-state index contributed by atoms with van der Waals surface area (Å²) < 4.78 is 0. The molecule has 0 aliphatic rings. The molecule has 128 valence electrons. The number of halogens is 1. The molecule has 1 amide bonds. The van der Waals surface area contributed by atoms with Crippen LogP contribution in [0, 0.1) is 0 Å². The third kappa shape index (κ3) is 6.20. The number of nitrogens with one attached hydrogen (secondary N) is 2. The van der Waals surface area contributed by atoms with Gasteiger partial charge in [-0.1, -0.05) is 43.5 Å². The summed E-state index contributed by atoms with van der Waals surface area (Å²) in [5.74, 6) is 0.698. The molecule has 2 rings (SSSR count). The molecule has 1 heterocycles. The van der Waals surface area contributed by atoms with Gasteiger partial charge < -0.3 is 10.6 Å². The standard InChI is InChI=1S/C19H24ClN3O/c1-2-3-4-11-22-19(24)16-8-9-18(23-14-16)21-12-10-15-6-5-7-17(20)13-15/h5-9,13-14H,2-4,10-12H2,1H3,(H,21,23)(H,22,24). The number of unbranched alkanes of at least 4 members (excludes halogenated alkanes) is 2. The van der Waals surface area contributed by atoms with Crippen LogP contribution in [0.5, 0.6) is 0 Å². The summed E-state index contributed by atoms with van der Waals surface area (Å²) in [5, 5.41) is 6.91. The fourth-order valence-electron chi connectivity index (χ4n) is 2.34. The molecule has 0 bridgehead atoms. The lowest BCUT2D eigenvalue weighted by molar-refractivity contribution is 0.0952. The average molecular weight is 346 g/mol. The van der Waals surface area contributed by atoms with Gasteiger partial charge in [0.25, 0.3) is 5.91 Å². The molecule has 5 heteroatoms. The molecule has 0 aliphatic heterocycles. The van der Waals surface area contributed by atoms with E-state index in [4.69, 9.17) is 11.6 Å². The number of carbonyl (C=O) groups excluding carboxylic acids is 1. The second kappa shape index (κ2) is 9.93. The van der Waals surface area contributed by atoms with Crippen LogP contribution in [0.15, 0.2) is 42.6 Å². The van der Waals surface area contributed by atoms with Crippen LogP contribution >= 0.6 is 11.6 Å². The highest BCUT2D eigenvalue weighted by molar-refractivity contribution is 6.30. The lowest BCUT2D eigenvalue weighted by Gasteiger charge is -2.08. The van der Waals surface area contributed by atoms with E-state index < -0.39 is 0 Å². The van der Waals surface area contributed by atoms with Crippen LogP contribution < -0.4 is 10.6 Å². The van der Waals surface area contributed by atoms with E-state index in [1.54, 1.807) is 12.3 Å². The van der Waals surface area contributed by atoms with Crippen molar-refractivity contribution < 1.29 is 4.79 Å². The van der Waals surface area contributed by atoms with E-state index in [-0.39, 0.29) is 5.91 Å². The molecule has 0 aliphatic carbocycles. The molecule has 4 nitrogen and oxygen atoms in total. The fraction of sp³-hybridized carbons (Fsp3) is 0.368. The fourth-order valence-corrected chi connectivity index (χ4v) is 2.55. The summed E-state index contributed by atoms with van der Waals surface area (Å²) in [5.41, 5.74) is 1.77. The van der Waals surface area contributed by atoms with E-state index in [0.717, 1.165) is 43.1 Å². The first-order valence-electron chi connectivity index (χ1n) is 8.41. The van der Waals surface area contributed by atoms with Crippen molar-refractivity contribution in [2.75, 3.05) is 18.4 Å². The van der Waals surface area contributed by atoms with Gasteiger partial charge >= 0.3 is 0 Å². The number of hydrogen-bond acceptors (Lipinski definition) is 3. The van der Waals surface area contributed by atoms with Gasteiger partial charge in [-0.15, -0.1) is 0 Å². The number of hydrogen-bond donors (Lipinski definition) is 2. The second-order valence-electron chi connectivity index (χ2n) is 5.70. The van der Waals surface area contributed by atoms with Gasteiger partial charge in [-0.3, -0.25) is 4.79 Å². The van der Waals surface area contributed by atoms with E-state index in [0.29, 0.717) is 12.1 Å². The maximum absolute atomic E-state index is 12.0. The number of aromatic nitrogens is 1. The molecule has 0 spiro atoms. The quantitative estimate of drug-likeness (QED) is 0.666. The zero-order chi connectivity index (χ0) is 17.2. The summed E-state index contributed by atoms with van der Waals surface area (Å²) in [6.45, 7) is 3.62.